The van der Waals surface area contributed by atoms with Crippen molar-refractivity contribution in [3.8, 4) is 11.5 Å². The number of aryl methyl sites for hydroxylation is 1. The van der Waals surface area contributed by atoms with Gasteiger partial charge in [-0.05, 0) is 53.2 Å². The smallest absolute Gasteiger partial charge is 0.272 e. The van der Waals surface area contributed by atoms with Crippen molar-refractivity contribution in [1.82, 2.24) is 40.0 Å². The Morgan fingerprint density at radius 3 is 2.55 bits per heavy atom. The average molecular weight is 570 g/mol. The molecule has 12 nitrogen and oxygen atoms in total. The number of piperazine rings is 1. The summed E-state index contributed by atoms with van der Waals surface area (Å²) >= 11 is 0. The number of benzene rings is 2. The third-order valence-electron chi connectivity index (χ3n) is 7.14. The molecule has 1 atom stereocenters. The highest BCUT2D eigenvalue weighted by molar-refractivity contribution is 5.94. The van der Waals surface area contributed by atoms with E-state index in [-0.39, 0.29) is 29.4 Å². The van der Waals surface area contributed by atoms with E-state index in [1.165, 1.54) is 16.9 Å². The van der Waals surface area contributed by atoms with Crippen molar-refractivity contribution in [2.24, 2.45) is 7.05 Å². The highest BCUT2D eigenvalue weighted by atomic mass is 19.1. The van der Waals surface area contributed by atoms with Crippen LogP contribution in [-0.4, -0.2) is 78.0 Å². The molecule has 1 saturated heterocycles. The first-order valence-corrected chi connectivity index (χ1v) is 13.6. The summed E-state index contributed by atoms with van der Waals surface area (Å²) in [5, 5.41) is 15.4. The summed E-state index contributed by atoms with van der Waals surface area (Å²) in [7, 11) is 1.70. The second kappa shape index (κ2) is 11.4. The van der Waals surface area contributed by atoms with Crippen LogP contribution in [0, 0.1) is 5.82 Å². The fraction of sp³-hybridized carbons (Fsp3) is 0.276. The largest absolute Gasteiger partial charge is 0.436 e. The Labute approximate surface area is 240 Å². The fourth-order valence-electron chi connectivity index (χ4n) is 4.98. The van der Waals surface area contributed by atoms with Crippen molar-refractivity contribution in [2.45, 2.75) is 19.4 Å². The molecule has 2 amide bonds. The molecule has 13 heteroatoms. The lowest BCUT2D eigenvalue weighted by molar-refractivity contribution is -0.115. The molecule has 0 radical (unpaired) electrons. The average Bonchev–Trinajstić information content (AvgIpc) is 3.64. The predicted octanol–water partition coefficient (Wildman–Crippen LogP) is 3.45. The topological polar surface area (TPSA) is 135 Å². The van der Waals surface area contributed by atoms with E-state index < -0.39 is 0 Å². The number of hydrogen-bond acceptors (Lipinski definition) is 9. The molecule has 1 aliphatic heterocycles. The van der Waals surface area contributed by atoms with Gasteiger partial charge in [-0.15, -0.1) is 10.2 Å². The Balaban J connectivity index is 1.17. The minimum absolute atomic E-state index is 0.0902. The number of tetrazole rings is 1. The monoisotopic (exact) mass is 569 g/mol. The molecule has 6 rings (SSSR count). The Bertz CT molecular complexity index is 1740. The molecule has 1 fully saturated rings. The van der Waals surface area contributed by atoms with Gasteiger partial charge in [-0.25, -0.2) is 9.37 Å². The van der Waals surface area contributed by atoms with Gasteiger partial charge in [0.1, 0.15) is 17.0 Å². The minimum Gasteiger partial charge on any atom is -0.436 e. The zero-order valence-electron chi connectivity index (χ0n) is 23.1. The zero-order chi connectivity index (χ0) is 29.2. The van der Waals surface area contributed by atoms with Gasteiger partial charge in [-0.2, -0.15) is 4.80 Å². The fourth-order valence-corrected chi connectivity index (χ4v) is 4.98. The normalized spacial score (nSPS) is 14.7. The molecule has 1 aliphatic rings. The Kier molecular flexibility index (Phi) is 7.40. The Morgan fingerprint density at radius 2 is 1.83 bits per heavy atom. The van der Waals surface area contributed by atoms with Crippen LogP contribution < -0.4 is 5.32 Å². The third kappa shape index (κ3) is 5.59. The maximum atomic E-state index is 13.6. The summed E-state index contributed by atoms with van der Waals surface area (Å²) in [6.07, 6.45) is 1.93. The lowest BCUT2D eigenvalue weighted by Crippen LogP contribution is -2.50. The second-order valence-electron chi connectivity index (χ2n) is 9.95. The standard InChI is InChI=1S/C29H28FN9O3/c1-3-25(40)32-21-8-9-24-22(17-21)33-28(42-24)19-10-11-31-23(16-19)29(41)39-14-12-38(13-15-39)26(27-34-36-37(2)35-27)18-4-6-20(30)7-5-18/h4-11,16-17,26H,3,12-15H2,1-2H3,(H,32,40). The van der Waals surface area contributed by atoms with Crippen LogP contribution in [-0.2, 0) is 11.8 Å². The minimum atomic E-state index is -0.326. The lowest BCUT2D eigenvalue weighted by Gasteiger charge is -2.38. The van der Waals surface area contributed by atoms with E-state index in [9.17, 15) is 14.0 Å². The maximum absolute atomic E-state index is 13.6. The Hall–Kier alpha value is -5.04. The maximum Gasteiger partial charge on any atom is 0.272 e. The van der Waals surface area contributed by atoms with E-state index in [2.05, 4.69) is 35.6 Å². The number of amides is 2. The van der Waals surface area contributed by atoms with Gasteiger partial charge in [0.05, 0.1) is 13.1 Å². The molecular weight excluding hydrogens is 541 g/mol. The summed E-state index contributed by atoms with van der Waals surface area (Å²) in [5.41, 5.74) is 3.53. The van der Waals surface area contributed by atoms with Gasteiger partial charge in [0, 0.05) is 50.0 Å². The number of carbonyl (C=O) groups excluding carboxylic acids is 2. The number of fused-ring (bicyclic) bond motifs is 1. The first-order valence-electron chi connectivity index (χ1n) is 13.6. The van der Waals surface area contributed by atoms with Crippen LogP contribution in [0.2, 0.25) is 0 Å². The number of pyridine rings is 1. The van der Waals surface area contributed by atoms with Crippen LogP contribution >= 0.6 is 0 Å². The van der Waals surface area contributed by atoms with Gasteiger partial charge in [-0.3, -0.25) is 19.5 Å². The second-order valence-corrected chi connectivity index (χ2v) is 9.95. The number of oxazole rings is 1. The number of hydrogen-bond donors (Lipinski definition) is 1. The van der Waals surface area contributed by atoms with Gasteiger partial charge >= 0.3 is 0 Å². The molecule has 5 aromatic rings. The van der Waals surface area contributed by atoms with Gasteiger partial charge < -0.3 is 14.6 Å². The van der Waals surface area contributed by atoms with Crippen LogP contribution in [0.25, 0.3) is 22.6 Å². The van der Waals surface area contributed by atoms with Gasteiger partial charge in [-0.1, -0.05) is 19.1 Å². The van der Waals surface area contributed by atoms with E-state index >= 15 is 0 Å². The van der Waals surface area contributed by atoms with Crippen molar-refractivity contribution in [1.29, 1.82) is 0 Å². The molecule has 0 bridgehead atoms. The van der Waals surface area contributed by atoms with Gasteiger partial charge in [0.25, 0.3) is 5.91 Å². The molecule has 4 heterocycles. The number of rotatable bonds is 7. The zero-order valence-corrected chi connectivity index (χ0v) is 23.1. The molecule has 1 N–H and O–H groups in total. The predicted molar refractivity (Wildman–Crippen MR) is 151 cm³/mol. The van der Waals surface area contributed by atoms with Gasteiger partial charge in [0.15, 0.2) is 11.4 Å². The summed E-state index contributed by atoms with van der Waals surface area (Å²) in [6.45, 7) is 3.80. The number of halogens is 1. The summed E-state index contributed by atoms with van der Waals surface area (Å²) < 4.78 is 19.6. The van der Waals surface area contributed by atoms with Crippen molar-refractivity contribution in [3.05, 3.63) is 83.7 Å². The molecule has 0 aliphatic carbocycles. The number of anilines is 1. The van der Waals surface area contributed by atoms with Crippen LogP contribution in [0.4, 0.5) is 10.1 Å². The molecule has 2 aromatic carbocycles. The van der Waals surface area contributed by atoms with Crippen molar-refractivity contribution >= 4 is 28.6 Å². The summed E-state index contributed by atoms with van der Waals surface area (Å²) in [6, 6.07) is 14.6. The number of carbonyl (C=O) groups is 2. The first-order chi connectivity index (χ1) is 20.4. The molecule has 1 unspecified atom stereocenters. The molecule has 42 heavy (non-hydrogen) atoms. The highest BCUT2D eigenvalue weighted by Crippen LogP contribution is 2.29. The molecular formula is C29H28FN9O3. The van der Waals surface area contributed by atoms with Crippen LogP contribution in [0.1, 0.15) is 41.3 Å². The molecule has 214 valence electrons. The SMILES string of the molecule is CCC(=O)Nc1ccc2oc(-c3ccnc(C(=O)N4CCN(C(c5ccc(F)cc5)c5nnn(C)n5)CC4)c3)nc2c1. The summed E-state index contributed by atoms with van der Waals surface area (Å²) in [5.74, 6) is 0.249. The van der Waals surface area contributed by atoms with E-state index in [1.54, 1.807) is 67.5 Å². The van der Waals surface area contributed by atoms with E-state index in [4.69, 9.17) is 4.42 Å². The Morgan fingerprint density at radius 1 is 1.05 bits per heavy atom. The van der Waals surface area contributed by atoms with Crippen LogP contribution in [0.15, 0.2) is 65.2 Å². The van der Waals surface area contributed by atoms with Crippen LogP contribution in [0.3, 0.4) is 0 Å². The first kappa shape index (κ1) is 27.1. The molecule has 3 aromatic heterocycles. The lowest BCUT2D eigenvalue weighted by atomic mass is 10.0. The summed E-state index contributed by atoms with van der Waals surface area (Å²) in [4.78, 5) is 39.4. The van der Waals surface area contributed by atoms with Crippen LogP contribution in [0.5, 0.6) is 0 Å². The van der Waals surface area contributed by atoms with E-state index in [1.807, 2.05) is 0 Å². The van der Waals surface area contributed by atoms with Gasteiger partial charge in [0.2, 0.25) is 11.8 Å². The highest BCUT2D eigenvalue weighted by Gasteiger charge is 2.31. The number of aromatic nitrogens is 6. The number of nitrogens with one attached hydrogen (secondary N) is 1. The molecule has 0 saturated carbocycles. The molecule has 0 spiro atoms. The number of nitrogens with zero attached hydrogens (tertiary/aromatic N) is 8. The quantitative estimate of drug-likeness (QED) is 0.313. The van der Waals surface area contributed by atoms with Crippen molar-refractivity contribution in [3.63, 3.8) is 0 Å². The van der Waals surface area contributed by atoms with Crippen molar-refractivity contribution < 1.29 is 18.4 Å². The van der Waals surface area contributed by atoms with E-state index in [0.29, 0.717) is 66.7 Å². The van der Waals surface area contributed by atoms with E-state index in [0.717, 1.165) is 5.56 Å². The van der Waals surface area contributed by atoms with Crippen molar-refractivity contribution in [2.75, 3.05) is 31.5 Å². The third-order valence-corrected chi connectivity index (χ3v) is 7.14.